The van der Waals surface area contributed by atoms with Gasteiger partial charge in [0.25, 0.3) is 0 Å². The number of aromatic nitrogens is 4. The second-order valence-electron chi connectivity index (χ2n) is 7.84. The third-order valence-corrected chi connectivity index (χ3v) is 6.64. The van der Waals surface area contributed by atoms with Gasteiger partial charge in [-0.3, -0.25) is 0 Å². The molecule has 4 aromatic rings. The van der Waals surface area contributed by atoms with Crippen LogP contribution in [0.2, 0.25) is 5.02 Å². The van der Waals surface area contributed by atoms with Crippen LogP contribution in [-0.4, -0.2) is 33.3 Å². The predicted molar refractivity (Wildman–Crippen MR) is 128 cm³/mol. The SMILES string of the molecule is Cc1nc2ccc(-c3cnc(P(C)(C)=O)nc3)nc2c(NCc2cc(C#N)ccc2F)c1Cl. The normalized spacial score (nSPS) is 11.4. The Morgan fingerprint density at radius 3 is 2.55 bits per heavy atom. The van der Waals surface area contributed by atoms with Gasteiger partial charge in [0.15, 0.2) is 5.57 Å². The van der Waals surface area contributed by atoms with Gasteiger partial charge in [0.05, 0.1) is 39.2 Å². The lowest BCUT2D eigenvalue weighted by atomic mass is 10.1. The maximum Gasteiger partial charge on any atom is 0.188 e. The zero-order valence-electron chi connectivity index (χ0n) is 18.1. The number of nitrogens with zero attached hydrogens (tertiary/aromatic N) is 5. The van der Waals surface area contributed by atoms with E-state index >= 15 is 0 Å². The number of halogens is 2. The lowest BCUT2D eigenvalue weighted by Crippen LogP contribution is -2.12. The van der Waals surface area contributed by atoms with Crippen LogP contribution >= 0.6 is 18.7 Å². The van der Waals surface area contributed by atoms with Crippen molar-refractivity contribution >= 4 is 41.0 Å². The van der Waals surface area contributed by atoms with E-state index in [0.717, 1.165) is 0 Å². The number of nitriles is 1. The standard InChI is InChI=1S/C23H19ClFN6OP/c1-13-20(24)22(27-10-15-8-14(9-26)4-5-17(15)25)21-19(30-13)7-6-18(31-21)16-11-28-23(29-12-16)33(2,3)32/h4-8,11-12H,10H2,1-3H3,(H,27,30). The van der Waals surface area contributed by atoms with Crippen LogP contribution in [0.4, 0.5) is 10.1 Å². The zero-order chi connectivity index (χ0) is 23.8. The first-order valence-electron chi connectivity index (χ1n) is 9.94. The summed E-state index contributed by atoms with van der Waals surface area (Å²) in [5, 5.41) is 12.6. The maximum absolute atomic E-state index is 14.3. The molecule has 10 heteroatoms. The second kappa shape index (κ2) is 8.86. The molecule has 3 heterocycles. The van der Waals surface area contributed by atoms with Crippen LogP contribution < -0.4 is 10.9 Å². The number of hydrogen-bond donors (Lipinski definition) is 1. The highest BCUT2D eigenvalue weighted by atomic mass is 35.5. The van der Waals surface area contributed by atoms with Crippen molar-refractivity contribution in [1.82, 2.24) is 19.9 Å². The summed E-state index contributed by atoms with van der Waals surface area (Å²) in [6.07, 6.45) is 3.16. The maximum atomic E-state index is 14.3. The fourth-order valence-electron chi connectivity index (χ4n) is 3.26. The summed E-state index contributed by atoms with van der Waals surface area (Å²) in [6.45, 7) is 5.10. The van der Waals surface area contributed by atoms with Crippen molar-refractivity contribution in [3.05, 3.63) is 70.4 Å². The molecule has 0 saturated carbocycles. The van der Waals surface area contributed by atoms with E-state index in [1.54, 1.807) is 38.7 Å². The molecule has 0 unspecified atom stereocenters. The van der Waals surface area contributed by atoms with Crippen LogP contribution in [0, 0.1) is 24.1 Å². The first-order valence-corrected chi connectivity index (χ1v) is 12.9. The molecule has 0 aliphatic carbocycles. The summed E-state index contributed by atoms with van der Waals surface area (Å²) in [5.74, 6) is -0.428. The highest BCUT2D eigenvalue weighted by molar-refractivity contribution is 7.69. The van der Waals surface area contributed by atoms with Crippen LogP contribution in [0.15, 0.2) is 42.7 Å². The van der Waals surface area contributed by atoms with Crippen LogP contribution in [0.1, 0.15) is 16.8 Å². The molecule has 0 fully saturated rings. The minimum absolute atomic E-state index is 0.103. The molecule has 0 amide bonds. The van der Waals surface area contributed by atoms with Crippen molar-refractivity contribution < 1.29 is 8.96 Å². The Kier molecular flexibility index (Phi) is 6.11. The molecule has 7 nitrogen and oxygen atoms in total. The molecule has 0 aliphatic heterocycles. The second-order valence-corrected chi connectivity index (χ2v) is 11.3. The van der Waals surface area contributed by atoms with E-state index in [9.17, 15) is 8.96 Å². The lowest BCUT2D eigenvalue weighted by molar-refractivity contribution is 0.587. The van der Waals surface area contributed by atoms with Crippen LogP contribution in [-0.2, 0) is 11.1 Å². The van der Waals surface area contributed by atoms with E-state index in [2.05, 4.69) is 20.3 Å². The molecule has 1 N–H and O–H groups in total. The van der Waals surface area contributed by atoms with E-state index in [1.165, 1.54) is 18.2 Å². The van der Waals surface area contributed by atoms with Gasteiger partial charge >= 0.3 is 0 Å². The minimum Gasteiger partial charge on any atom is -0.378 e. The van der Waals surface area contributed by atoms with Crippen LogP contribution in [0.3, 0.4) is 0 Å². The minimum atomic E-state index is -2.57. The molecule has 3 aromatic heterocycles. The summed E-state index contributed by atoms with van der Waals surface area (Å²) in [4.78, 5) is 17.6. The van der Waals surface area contributed by atoms with E-state index in [0.29, 0.717) is 55.4 Å². The Morgan fingerprint density at radius 1 is 1.15 bits per heavy atom. The molecular weight excluding hydrogens is 462 g/mol. The summed E-state index contributed by atoms with van der Waals surface area (Å²) in [7, 11) is -2.57. The summed E-state index contributed by atoms with van der Waals surface area (Å²) >= 11 is 6.54. The molecule has 1 aromatic carbocycles. The molecule has 0 atom stereocenters. The quantitative estimate of drug-likeness (QED) is 0.404. The van der Waals surface area contributed by atoms with Gasteiger partial charge in [0.1, 0.15) is 18.5 Å². The molecule has 0 aliphatic rings. The van der Waals surface area contributed by atoms with Gasteiger partial charge in [0, 0.05) is 30.1 Å². The number of fused-ring (bicyclic) bond motifs is 1. The predicted octanol–water partition coefficient (Wildman–Crippen LogP) is 4.92. The van der Waals surface area contributed by atoms with Crippen LogP contribution in [0.5, 0.6) is 0 Å². The summed E-state index contributed by atoms with van der Waals surface area (Å²) in [5.41, 5.74) is 4.44. The molecule has 33 heavy (non-hydrogen) atoms. The number of hydrogen-bond acceptors (Lipinski definition) is 7. The van der Waals surface area contributed by atoms with Crippen molar-refractivity contribution in [3.63, 3.8) is 0 Å². The van der Waals surface area contributed by atoms with Gasteiger partial charge in [-0.1, -0.05) is 11.6 Å². The Balaban J connectivity index is 1.75. The number of pyridine rings is 2. The Morgan fingerprint density at radius 2 is 1.88 bits per heavy atom. The number of rotatable bonds is 5. The fraction of sp³-hybridized carbons (Fsp3) is 0.174. The molecule has 0 spiro atoms. The van der Waals surface area contributed by atoms with Gasteiger partial charge in [-0.25, -0.2) is 24.3 Å². The largest absolute Gasteiger partial charge is 0.378 e. The lowest BCUT2D eigenvalue weighted by Gasteiger charge is -2.14. The number of aryl methyl sites for hydroxylation is 1. The Bertz CT molecular complexity index is 1460. The topological polar surface area (TPSA) is 104 Å². The first kappa shape index (κ1) is 22.8. The van der Waals surface area contributed by atoms with E-state index < -0.39 is 13.0 Å². The van der Waals surface area contributed by atoms with Crippen LogP contribution in [0.25, 0.3) is 22.3 Å². The average molecular weight is 481 g/mol. The number of anilines is 1. The zero-order valence-corrected chi connectivity index (χ0v) is 19.7. The Labute approximate surface area is 195 Å². The first-order chi connectivity index (χ1) is 15.7. The summed E-state index contributed by atoms with van der Waals surface area (Å²) in [6, 6.07) is 9.78. The monoisotopic (exact) mass is 480 g/mol. The van der Waals surface area contributed by atoms with Crippen molar-refractivity contribution in [2.24, 2.45) is 0 Å². The number of benzene rings is 1. The van der Waals surface area contributed by atoms with Crippen molar-refractivity contribution in [3.8, 4) is 17.3 Å². The van der Waals surface area contributed by atoms with Crippen molar-refractivity contribution in [1.29, 1.82) is 5.26 Å². The van der Waals surface area contributed by atoms with E-state index in [1.807, 2.05) is 12.1 Å². The Hall–Kier alpha value is -3.40. The summed E-state index contributed by atoms with van der Waals surface area (Å²) < 4.78 is 26.4. The van der Waals surface area contributed by atoms with E-state index in [4.69, 9.17) is 21.8 Å². The molecule has 0 saturated heterocycles. The van der Waals surface area contributed by atoms with Crippen molar-refractivity contribution in [2.75, 3.05) is 18.6 Å². The van der Waals surface area contributed by atoms with Gasteiger partial charge in [-0.2, -0.15) is 5.26 Å². The molecule has 0 bridgehead atoms. The molecule has 4 rings (SSSR count). The van der Waals surface area contributed by atoms with Gasteiger partial charge in [-0.05, 0) is 50.6 Å². The molecule has 166 valence electrons. The average Bonchev–Trinajstić information content (AvgIpc) is 2.79. The van der Waals surface area contributed by atoms with E-state index in [-0.39, 0.29) is 6.54 Å². The third kappa shape index (κ3) is 4.70. The van der Waals surface area contributed by atoms with Gasteiger partial charge < -0.3 is 9.88 Å². The smallest absolute Gasteiger partial charge is 0.188 e. The highest BCUT2D eigenvalue weighted by Gasteiger charge is 2.17. The van der Waals surface area contributed by atoms with Gasteiger partial charge in [0.2, 0.25) is 0 Å². The van der Waals surface area contributed by atoms with Crippen molar-refractivity contribution in [2.45, 2.75) is 13.5 Å². The molecular formula is C23H19ClFN6OP. The highest BCUT2D eigenvalue weighted by Crippen LogP contribution is 2.34. The molecule has 0 radical (unpaired) electrons. The fourth-order valence-corrected chi connectivity index (χ4v) is 4.13. The number of nitrogens with one attached hydrogen (secondary N) is 1. The van der Waals surface area contributed by atoms with Gasteiger partial charge in [-0.15, -0.1) is 0 Å². The third-order valence-electron chi connectivity index (χ3n) is 4.98.